The summed E-state index contributed by atoms with van der Waals surface area (Å²) in [6.45, 7) is 0.511. The lowest BCUT2D eigenvalue weighted by atomic mass is 9.89. The quantitative estimate of drug-likeness (QED) is 0.201. The number of hydrogen-bond donors (Lipinski definition) is 2. The van der Waals surface area contributed by atoms with E-state index >= 15 is 0 Å². The second-order valence-electron chi connectivity index (χ2n) is 11.5. The van der Waals surface area contributed by atoms with Gasteiger partial charge in [-0.25, -0.2) is 9.69 Å². The van der Waals surface area contributed by atoms with E-state index in [0.717, 1.165) is 47.0 Å². The monoisotopic (exact) mass is 574 g/mol. The predicted molar refractivity (Wildman–Crippen MR) is 165 cm³/mol. The zero-order chi connectivity index (χ0) is 29.5. The molecule has 8 heteroatoms. The molecular weight excluding hydrogens is 540 g/mol. The Morgan fingerprint density at radius 2 is 1.79 bits per heavy atom. The van der Waals surface area contributed by atoms with E-state index in [4.69, 9.17) is 4.74 Å². The molecule has 2 aliphatic heterocycles. The van der Waals surface area contributed by atoms with Crippen molar-refractivity contribution in [1.82, 2.24) is 15.2 Å². The summed E-state index contributed by atoms with van der Waals surface area (Å²) in [7, 11) is 1.61. The van der Waals surface area contributed by atoms with Crippen LogP contribution in [0.5, 0.6) is 5.75 Å². The van der Waals surface area contributed by atoms with E-state index in [9.17, 15) is 14.4 Å². The summed E-state index contributed by atoms with van der Waals surface area (Å²) < 4.78 is 5.38. The van der Waals surface area contributed by atoms with Gasteiger partial charge in [-0.15, -0.1) is 0 Å². The lowest BCUT2D eigenvalue weighted by molar-refractivity contribution is -0.120. The summed E-state index contributed by atoms with van der Waals surface area (Å²) in [5.74, 6) is 0.0885. The summed E-state index contributed by atoms with van der Waals surface area (Å²) >= 11 is 0. The van der Waals surface area contributed by atoms with Crippen LogP contribution in [-0.4, -0.2) is 47.4 Å². The molecule has 1 fully saturated rings. The summed E-state index contributed by atoms with van der Waals surface area (Å²) in [5, 5.41) is 4.06. The number of allylic oxidation sites excluding steroid dienone is 1. The fourth-order valence-electron chi connectivity index (χ4n) is 6.85. The van der Waals surface area contributed by atoms with Crippen molar-refractivity contribution < 1.29 is 19.1 Å². The molecule has 0 bridgehead atoms. The fourth-order valence-corrected chi connectivity index (χ4v) is 6.85. The maximum absolute atomic E-state index is 14.3. The number of carbonyl (C=O) groups is 3. The highest BCUT2D eigenvalue weighted by Crippen LogP contribution is 2.45. The zero-order valence-corrected chi connectivity index (χ0v) is 24.1. The lowest BCUT2D eigenvalue weighted by Gasteiger charge is -2.36. The van der Waals surface area contributed by atoms with Crippen molar-refractivity contribution in [2.45, 2.75) is 50.6 Å². The van der Waals surface area contributed by atoms with Gasteiger partial charge in [0.1, 0.15) is 17.8 Å². The first-order valence-corrected chi connectivity index (χ1v) is 15.0. The first-order chi connectivity index (χ1) is 21.0. The number of amides is 4. The number of benzene rings is 3. The SMILES string of the molecule is COc1ccc([C@H]2c3[nH]c4ccccc4c3C[C@H]3C(=O)N(c4ccccc4C(=O)NCCC4=CCCCC4)C(=O)N23)cc1. The van der Waals surface area contributed by atoms with Crippen LogP contribution in [-0.2, 0) is 11.2 Å². The average Bonchev–Trinajstić information content (AvgIpc) is 3.54. The molecule has 2 N–H and O–H groups in total. The van der Waals surface area contributed by atoms with E-state index in [-0.39, 0.29) is 11.8 Å². The average molecular weight is 575 g/mol. The van der Waals surface area contributed by atoms with Gasteiger partial charge in [-0.1, -0.05) is 54.1 Å². The number of carbonyl (C=O) groups excluding carboxylic acids is 3. The summed E-state index contributed by atoms with van der Waals surface area (Å²) in [4.78, 5) is 48.4. The Morgan fingerprint density at radius 3 is 2.58 bits per heavy atom. The van der Waals surface area contributed by atoms with E-state index in [1.54, 1.807) is 36.3 Å². The first-order valence-electron chi connectivity index (χ1n) is 15.0. The highest BCUT2D eigenvalue weighted by Gasteiger charge is 2.53. The van der Waals surface area contributed by atoms with Crippen LogP contribution < -0.4 is 15.0 Å². The Labute approximate surface area is 250 Å². The molecule has 43 heavy (non-hydrogen) atoms. The number of aromatic amines is 1. The lowest BCUT2D eigenvalue weighted by Crippen LogP contribution is -2.44. The molecule has 4 aromatic rings. The van der Waals surface area contributed by atoms with Gasteiger partial charge in [0.25, 0.3) is 11.8 Å². The van der Waals surface area contributed by atoms with Gasteiger partial charge >= 0.3 is 6.03 Å². The Hall–Kier alpha value is -4.85. The van der Waals surface area contributed by atoms with Crippen molar-refractivity contribution in [2.75, 3.05) is 18.6 Å². The highest BCUT2D eigenvalue weighted by atomic mass is 16.5. The Bertz CT molecular complexity index is 1760. The molecule has 218 valence electrons. The highest BCUT2D eigenvalue weighted by molar-refractivity contribution is 6.24. The largest absolute Gasteiger partial charge is 0.497 e. The van der Waals surface area contributed by atoms with Crippen LogP contribution in [0.15, 0.2) is 84.4 Å². The number of nitrogens with one attached hydrogen (secondary N) is 2. The molecule has 3 heterocycles. The van der Waals surface area contributed by atoms with Crippen LogP contribution >= 0.6 is 0 Å². The number of anilines is 1. The molecule has 1 aliphatic carbocycles. The molecule has 1 aromatic heterocycles. The molecule has 4 amide bonds. The van der Waals surface area contributed by atoms with Crippen molar-refractivity contribution in [3.8, 4) is 5.75 Å². The number of aromatic nitrogens is 1. The van der Waals surface area contributed by atoms with Crippen molar-refractivity contribution in [3.05, 3.63) is 107 Å². The van der Waals surface area contributed by atoms with E-state index in [2.05, 4.69) is 16.4 Å². The molecule has 0 saturated carbocycles. The van der Waals surface area contributed by atoms with E-state index in [0.29, 0.717) is 30.0 Å². The summed E-state index contributed by atoms with van der Waals surface area (Å²) in [6.07, 6.45) is 8.05. The van der Waals surface area contributed by atoms with Crippen LogP contribution in [0.1, 0.15) is 65.3 Å². The maximum Gasteiger partial charge on any atom is 0.332 e. The number of fused-ring (bicyclic) bond motifs is 4. The third-order valence-corrected chi connectivity index (χ3v) is 8.99. The van der Waals surface area contributed by atoms with Crippen molar-refractivity contribution >= 4 is 34.4 Å². The number of hydrogen-bond acceptors (Lipinski definition) is 4. The van der Waals surface area contributed by atoms with Gasteiger partial charge in [-0.05, 0) is 73.6 Å². The number of nitrogens with zero attached hydrogens (tertiary/aromatic N) is 2. The number of ether oxygens (including phenoxy) is 1. The number of para-hydroxylation sites is 2. The minimum absolute atomic E-state index is 0.291. The maximum atomic E-state index is 14.3. The minimum Gasteiger partial charge on any atom is -0.497 e. The van der Waals surface area contributed by atoms with E-state index in [1.165, 1.54) is 23.3 Å². The minimum atomic E-state index is -0.708. The molecular formula is C35H34N4O4. The van der Waals surface area contributed by atoms with Crippen molar-refractivity contribution in [3.63, 3.8) is 0 Å². The first kappa shape index (κ1) is 27.0. The number of urea groups is 1. The normalized spacial score (nSPS) is 19.7. The summed E-state index contributed by atoms with van der Waals surface area (Å²) in [5.41, 5.74) is 5.76. The fraction of sp³-hybridized carbons (Fsp3) is 0.286. The standard InChI is InChI=1S/C35H34N4O4/c1-43-24-17-15-23(16-18-24)32-31-27(25-11-5-7-13-28(25)37-31)21-30-34(41)39(35(42)38(30)32)29-14-8-6-12-26(29)33(40)36-20-19-22-9-3-2-4-10-22/h5-9,11-18,30,32,37H,2-4,10,19-21H2,1H3,(H,36,40)/t30-,32-/m0/s1. The summed E-state index contributed by atoms with van der Waals surface area (Å²) in [6, 6.07) is 20.8. The van der Waals surface area contributed by atoms with Crippen LogP contribution in [0.25, 0.3) is 10.9 Å². The molecule has 3 aromatic carbocycles. The van der Waals surface area contributed by atoms with E-state index < -0.39 is 18.1 Å². The van der Waals surface area contributed by atoms with Crippen LogP contribution in [0.4, 0.5) is 10.5 Å². The number of methoxy groups -OCH3 is 1. The van der Waals surface area contributed by atoms with Crippen LogP contribution in [0, 0.1) is 0 Å². The molecule has 2 atom stereocenters. The Kier molecular flexibility index (Phi) is 6.97. The van der Waals surface area contributed by atoms with Crippen LogP contribution in [0.3, 0.4) is 0 Å². The molecule has 0 radical (unpaired) electrons. The molecule has 0 unspecified atom stereocenters. The van der Waals surface area contributed by atoms with Gasteiger partial charge in [0.2, 0.25) is 0 Å². The van der Waals surface area contributed by atoms with E-state index in [1.807, 2.05) is 48.5 Å². The van der Waals surface area contributed by atoms with Crippen molar-refractivity contribution in [2.24, 2.45) is 0 Å². The molecule has 1 saturated heterocycles. The topological polar surface area (TPSA) is 94.7 Å². The van der Waals surface area contributed by atoms with Gasteiger partial charge in [-0.3, -0.25) is 14.5 Å². The Morgan fingerprint density at radius 1 is 1.00 bits per heavy atom. The molecule has 3 aliphatic rings. The molecule has 8 nitrogen and oxygen atoms in total. The second-order valence-corrected chi connectivity index (χ2v) is 11.5. The third-order valence-electron chi connectivity index (χ3n) is 8.99. The zero-order valence-electron chi connectivity index (χ0n) is 24.1. The number of H-pyrrole nitrogens is 1. The van der Waals surface area contributed by atoms with Gasteiger partial charge in [-0.2, -0.15) is 0 Å². The van der Waals surface area contributed by atoms with Crippen LogP contribution in [0.2, 0.25) is 0 Å². The second kappa shape index (κ2) is 11.1. The van der Waals surface area contributed by atoms with Crippen molar-refractivity contribution in [1.29, 1.82) is 0 Å². The molecule has 7 rings (SSSR count). The van der Waals surface area contributed by atoms with Gasteiger partial charge < -0.3 is 15.0 Å². The smallest absolute Gasteiger partial charge is 0.332 e. The van der Waals surface area contributed by atoms with Gasteiger partial charge in [0, 0.05) is 29.6 Å². The van der Waals surface area contributed by atoms with Gasteiger partial charge in [0.15, 0.2) is 0 Å². The third kappa shape index (κ3) is 4.67. The Balaban J connectivity index is 1.24. The number of rotatable bonds is 7. The van der Waals surface area contributed by atoms with Gasteiger partial charge in [0.05, 0.1) is 18.4 Å². The molecule has 0 spiro atoms. The number of imide groups is 1. The predicted octanol–water partition coefficient (Wildman–Crippen LogP) is 6.28.